The molecule has 2 N–H and O–H groups in total. The molecule has 0 saturated carbocycles. The second kappa shape index (κ2) is 6.73. The molecule has 0 aliphatic carbocycles. The summed E-state index contributed by atoms with van der Waals surface area (Å²) in [6.45, 7) is 4.22. The molecule has 1 aromatic carbocycles. The average Bonchev–Trinajstić information content (AvgIpc) is 2.75. The number of benzene rings is 1. The van der Waals surface area contributed by atoms with E-state index >= 15 is 0 Å². The number of H-pyrrole nitrogens is 1. The smallest absolute Gasteiger partial charge is 0.253 e. The number of amides is 1. The molecule has 0 fully saturated rings. The lowest BCUT2D eigenvalue weighted by Crippen LogP contribution is -2.23. The molecule has 0 bridgehead atoms. The molecule has 0 atom stereocenters. The fraction of sp³-hybridized carbons (Fsp3) is 0.286. The molecule has 1 aromatic heterocycles. The summed E-state index contributed by atoms with van der Waals surface area (Å²) in [5, 5.41) is 10.7. The lowest BCUT2D eigenvalue weighted by atomic mass is 10.1. The zero-order valence-corrected chi connectivity index (χ0v) is 14.2. The molecule has 4 nitrogen and oxygen atoms in total. The Hall–Kier alpha value is -1.17. The van der Waals surface area contributed by atoms with Crippen molar-refractivity contribution in [2.45, 2.75) is 25.3 Å². The van der Waals surface area contributed by atoms with E-state index in [9.17, 15) is 4.79 Å². The summed E-state index contributed by atoms with van der Waals surface area (Å²) < 4.78 is 0. The zero-order chi connectivity index (χ0) is 15.6. The molecule has 0 unspecified atom stereocenters. The van der Waals surface area contributed by atoms with Gasteiger partial charge in [0.2, 0.25) is 0 Å². The Labute approximate surface area is 137 Å². The highest BCUT2D eigenvalue weighted by Gasteiger charge is 2.15. The van der Waals surface area contributed by atoms with Gasteiger partial charge in [-0.2, -0.15) is 5.10 Å². The molecule has 0 aliphatic heterocycles. The summed E-state index contributed by atoms with van der Waals surface area (Å²) in [5.74, 6) is -0.230. The highest BCUT2D eigenvalue weighted by atomic mass is 35.5. The van der Waals surface area contributed by atoms with Crippen LogP contribution in [0, 0.1) is 13.8 Å². The van der Waals surface area contributed by atoms with Gasteiger partial charge >= 0.3 is 0 Å². The second-order valence-corrected chi connectivity index (χ2v) is 6.22. The number of hydrogen-bond donors (Lipinski definition) is 2. The third-order valence-corrected chi connectivity index (χ3v) is 4.71. The van der Waals surface area contributed by atoms with Crippen molar-refractivity contribution in [3.8, 4) is 0 Å². The van der Waals surface area contributed by atoms with Gasteiger partial charge in [-0.15, -0.1) is 11.8 Å². The molecule has 21 heavy (non-hydrogen) atoms. The van der Waals surface area contributed by atoms with Crippen LogP contribution in [0.25, 0.3) is 0 Å². The van der Waals surface area contributed by atoms with E-state index < -0.39 is 0 Å². The van der Waals surface area contributed by atoms with Crippen LogP contribution >= 0.6 is 35.0 Å². The minimum Gasteiger partial charge on any atom is -0.348 e. The Balaban J connectivity index is 2.17. The van der Waals surface area contributed by atoms with E-state index in [2.05, 4.69) is 15.5 Å². The Morgan fingerprint density at radius 2 is 2.05 bits per heavy atom. The highest BCUT2D eigenvalue weighted by Crippen LogP contribution is 2.31. The Morgan fingerprint density at radius 1 is 1.33 bits per heavy atom. The zero-order valence-electron chi connectivity index (χ0n) is 11.9. The maximum Gasteiger partial charge on any atom is 0.253 e. The lowest BCUT2D eigenvalue weighted by molar-refractivity contribution is 0.0951. The predicted molar refractivity (Wildman–Crippen MR) is 87.5 cm³/mol. The molecular formula is C14H15Cl2N3OS. The number of nitrogens with one attached hydrogen (secondary N) is 2. The van der Waals surface area contributed by atoms with Gasteiger partial charge in [0.05, 0.1) is 21.3 Å². The number of aryl methyl sites for hydroxylation is 2. The van der Waals surface area contributed by atoms with E-state index in [1.807, 2.05) is 20.1 Å². The van der Waals surface area contributed by atoms with E-state index in [-0.39, 0.29) is 5.91 Å². The first-order chi connectivity index (χ1) is 9.93. The summed E-state index contributed by atoms with van der Waals surface area (Å²) in [7, 11) is 0. The van der Waals surface area contributed by atoms with Crippen LogP contribution in [0.5, 0.6) is 0 Å². The molecular weight excluding hydrogens is 329 g/mol. The largest absolute Gasteiger partial charge is 0.348 e. The SMILES string of the molecule is CSc1cc(C(=O)NCc2c(C)n[nH]c2C)c(Cl)cc1Cl. The standard InChI is InChI=1S/C14H15Cl2N3OS/c1-7-10(8(2)19-18-7)6-17-14(20)9-4-13(21-3)12(16)5-11(9)15/h4-5H,6H2,1-3H3,(H,17,20)(H,18,19). The number of carbonyl (C=O) groups excluding carboxylic acids is 1. The van der Waals surface area contributed by atoms with Gasteiger partial charge in [0, 0.05) is 22.7 Å². The summed E-state index contributed by atoms with van der Waals surface area (Å²) in [6, 6.07) is 3.30. The molecule has 0 aliphatic rings. The molecule has 7 heteroatoms. The van der Waals surface area contributed by atoms with Crippen LogP contribution in [0.2, 0.25) is 10.0 Å². The molecule has 0 radical (unpaired) electrons. The van der Waals surface area contributed by atoms with Gasteiger partial charge in [0.25, 0.3) is 5.91 Å². The number of nitrogens with zero attached hydrogens (tertiary/aromatic N) is 1. The number of halogens is 2. The van der Waals surface area contributed by atoms with Gasteiger partial charge in [-0.1, -0.05) is 23.2 Å². The summed E-state index contributed by atoms with van der Waals surface area (Å²) in [5.41, 5.74) is 3.22. The second-order valence-electron chi connectivity index (χ2n) is 4.56. The van der Waals surface area contributed by atoms with Crippen LogP contribution < -0.4 is 5.32 Å². The number of hydrogen-bond acceptors (Lipinski definition) is 3. The van der Waals surface area contributed by atoms with Crippen molar-refractivity contribution in [3.63, 3.8) is 0 Å². The summed E-state index contributed by atoms with van der Waals surface area (Å²) >= 11 is 13.6. The Morgan fingerprint density at radius 3 is 2.62 bits per heavy atom. The quantitative estimate of drug-likeness (QED) is 0.825. The molecule has 112 valence electrons. The third-order valence-electron chi connectivity index (χ3n) is 3.19. The number of rotatable bonds is 4. The van der Waals surface area contributed by atoms with Crippen molar-refractivity contribution in [2.75, 3.05) is 6.26 Å². The van der Waals surface area contributed by atoms with E-state index in [1.165, 1.54) is 11.8 Å². The molecule has 0 spiro atoms. The van der Waals surface area contributed by atoms with Crippen molar-refractivity contribution < 1.29 is 4.79 Å². The van der Waals surface area contributed by atoms with Crippen LogP contribution in [0.1, 0.15) is 27.3 Å². The third kappa shape index (κ3) is 3.54. The first kappa shape index (κ1) is 16.2. The highest BCUT2D eigenvalue weighted by molar-refractivity contribution is 7.98. The minimum atomic E-state index is -0.230. The number of thioether (sulfide) groups is 1. The predicted octanol–water partition coefficient (Wildman–Crippen LogP) is 3.99. The van der Waals surface area contributed by atoms with Gasteiger partial charge < -0.3 is 5.32 Å². The van der Waals surface area contributed by atoms with Gasteiger partial charge in [-0.05, 0) is 32.2 Å². The monoisotopic (exact) mass is 343 g/mol. The van der Waals surface area contributed by atoms with Crippen molar-refractivity contribution >= 4 is 40.9 Å². The van der Waals surface area contributed by atoms with Crippen LogP contribution in [0.3, 0.4) is 0 Å². The van der Waals surface area contributed by atoms with Crippen molar-refractivity contribution in [1.29, 1.82) is 0 Å². The van der Waals surface area contributed by atoms with E-state index in [0.29, 0.717) is 22.2 Å². The van der Waals surface area contributed by atoms with Crippen LogP contribution in [0.4, 0.5) is 0 Å². The van der Waals surface area contributed by atoms with E-state index in [1.54, 1.807) is 12.1 Å². The van der Waals surface area contributed by atoms with Crippen molar-refractivity contribution in [3.05, 3.63) is 44.7 Å². The lowest BCUT2D eigenvalue weighted by Gasteiger charge is -2.09. The molecule has 2 aromatic rings. The molecule has 1 amide bonds. The topological polar surface area (TPSA) is 57.8 Å². The van der Waals surface area contributed by atoms with Crippen molar-refractivity contribution in [1.82, 2.24) is 15.5 Å². The number of carbonyl (C=O) groups is 1. The first-order valence-electron chi connectivity index (χ1n) is 6.25. The van der Waals surface area contributed by atoms with Crippen LogP contribution in [-0.4, -0.2) is 22.4 Å². The molecule has 2 rings (SSSR count). The minimum absolute atomic E-state index is 0.230. The van der Waals surface area contributed by atoms with Crippen molar-refractivity contribution in [2.24, 2.45) is 0 Å². The maximum absolute atomic E-state index is 12.3. The van der Waals surface area contributed by atoms with Gasteiger partial charge in [0.1, 0.15) is 0 Å². The first-order valence-corrected chi connectivity index (χ1v) is 8.23. The maximum atomic E-state index is 12.3. The Kier molecular flexibility index (Phi) is 5.19. The normalized spacial score (nSPS) is 10.7. The average molecular weight is 344 g/mol. The fourth-order valence-corrected chi connectivity index (χ4v) is 3.15. The Bertz CT molecular complexity index is 666. The van der Waals surface area contributed by atoms with E-state index in [4.69, 9.17) is 23.2 Å². The van der Waals surface area contributed by atoms with Crippen LogP contribution in [-0.2, 0) is 6.54 Å². The van der Waals surface area contributed by atoms with Gasteiger partial charge in [-0.3, -0.25) is 9.89 Å². The van der Waals surface area contributed by atoms with Gasteiger partial charge in [-0.25, -0.2) is 0 Å². The summed E-state index contributed by atoms with van der Waals surface area (Å²) in [6.07, 6.45) is 1.90. The van der Waals surface area contributed by atoms with E-state index in [0.717, 1.165) is 21.8 Å². The number of aromatic amines is 1. The molecule has 0 saturated heterocycles. The van der Waals surface area contributed by atoms with Gasteiger partial charge in [0.15, 0.2) is 0 Å². The summed E-state index contributed by atoms with van der Waals surface area (Å²) in [4.78, 5) is 13.1. The number of aromatic nitrogens is 2. The van der Waals surface area contributed by atoms with Crippen LogP contribution in [0.15, 0.2) is 17.0 Å². The molecule has 1 heterocycles. The fourth-order valence-electron chi connectivity index (χ4n) is 1.96.